The van der Waals surface area contributed by atoms with Crippen LogP contribution in [0.2, 0.25) is 0 Å². The highest BCUT2D eigenvalue weighted by Gasteiger charge is 2.50. The molecule has 0 bridgehead atoms. The van der Waals surface area contributed by atoms with Gasteiger partial charge in [-0.2, -0.15) is 0 Å². The number of carbonyl (C=O) groups is 2. The second-order valence-corrected chi connectivity index (χ2v) is 5.59. The molecule has 1 aromatic rings. The minimum absolute atomic E-state index is 0.0780. The minimum atomic E-state index is -0.286. The first-order valence-corrected chi connectivity index (χ1v) is 6.59. The second-order valence-electron chi connectivity index (χ2n) is 5.59. The molecule has 4 heteroatoms. The molecule has 1 aliphatic carbocycles. The van der Waals surface area contributed by atoms with Gasteiger partial charge in [0.25, 0.3) is 0 Å². The van der Waals surface area contributed by atoms with Crippen molar-refractivity contribution >= 4 is 17.4 Å². The molecule has 0 saturated heterocycles. The molecule has 0 aromatic heterocycles. The van der Waals surface area contributed by atoms with Crippen molar-refractivity contribution in [1.29, 1.82) is 0 Å². The fourth-order valence-electron chi connectivity index (χ4n) is 3.25. The number of benzene rings is 1. The highest BCUT2D eigenvalue weighted by atomic mass is 16.5. The Morgan fingerprint density at radius 3 is 3.00 bits per heavy atom. The quantitative estimate of drug-likeness (QED) is 0.825. The first-order chi connectivity index (χ1) is 9.09. The molecule has 1 heterocycles. The number of para-hydroxylation sites is 1. The molecule has 1 aromatic carbocycles. The Balaban J connectivity index is 1.91. The molecule has 100 valence electrons. The lowest BCUT2D eigenvalue weighted by Crippen LogP contribution is -2.45. The number of hydrogen-bond donors (Lipinski definition) is 1. The molecule has 0 radical (unpaired) electrons. The summed E-state index contributed by atoms with van der Waals surface area (Å²) in [5.74, 6) is -0.0382. The van der Waals surface area contributed by atoms with Crippen molar-refractivity contribution in [1.82, 2.24) is 0 Å². The number of ether oxygens (including phenoxy) is 1. The van der Waals surface area contributed by atoms with Crippen LogP contribution in [0.1, 0.15) is 25.3 Å². The summed E-state index contributed by atoms with van der Waals surface area (Å²) < 4.78 is 5.22. The minimum Gasteiger partial charge on any atom is -0.465 e. The molecular weight excluding hydrogens is 242 g/mol. The van der Waals surface area contributed by atoms with Gasteiger partial charge in [0, 0.05) is 36.9 Å². The van der Waals surface area contributed by atoms with Gasteiger partial charge in [0.15, 0.2) is 0 Å². The molecule has 1 N–H and O–H groups in total. The van der Waals surface area contributed by atoms with Gasteiger partial charge in [-0.15, -0.1) is 0 Å². The molecule has 0 amide bonds. The van der Waals surface area contributed by atoms with E-state index in [4.69, 9.17) is 4.74 Å². The van der Waals surface area contributed by atoms with E-state index in [0.29, 0.717) is 19.4 Å². The lowest BCUT2D eigenvalue weighted by Gasteiger charge is -2.40. The number of carbonyl (C=O) groups excluding carboxylic acids is 2. The van der Waals surface area contributed by atoms with Crippen LogP contribution < -0.4 is 5.32 Å². The van der Waals surface area contributed by atoms with Crippen molar-refractivity contribution in [2.45, 2.75) is 32.2 Å². The van der Waals surface area contributed by atoms with Crippen LogP contribution in [-0.2, 0) is 20.7 Å². The van der Waals surface area contributed by atoms with Gasteiger partial charge >= 0.3 is 5.97 Å². The maximum atomic E-state index is 11.8. The van der Waals surface area contributed by atoms with Crippen LogP contribution >= 0.6 is 0 Å². The van der Waals surface area contributed by atoms with Gasteiger partial charge in [-0.1, -0.05) is 18.2 Å². The van der Waals surface area contributed by atoms with E-state index in [1.54, 1.807) is 0 Å². The average Bonchev–Trinajstić information content (AvgIpc) is 2.69. The van der Waals surface area contributed by atoms with Crippen molar-refractivity contribution < 1.29 is 14.3 Å². The van der Waals surface area contributed by atoms with Crippen LogP contribution in [0.15, 0.2) is 24.3 Å². The molecule has 19 heavy (non-hydrogen) atoms. The fraction of sp³-hybridized carbons (Fsp3) is 0.467. The lowest BCUT2D eigenvalue weighted by atomic mass is 9.74. The molecule has 1 saturated carbocycles. The summed E-state index contributed by atoms with van der Waals surface area (Å²) in [4.78, 5) is 22.9. The third-order valence-corrected chi connectivity index (χ3v) is 4.17. The summed E-state index contributed by atoms with van der Waals surface area (Å²) >= 11 is 0. The number of nitrogens with one attached hydrogen (secondary N) is 1. The number of anilines is 1. The zero-order valence-corrected chi connectivity index (χ0v) is 10.9. The average molecular weight is 259 g/mol. The molecule has 2 atom stereocenters. The maximum absolute atomic E-state index is 11.8. The number of Topliss-reactive ketones (excluding diaryl/α,β-unsaturated/α-hetero) is 1. The van der Waals surface area contributed by atoms with E-state index in [9.17, 15) is 9.59 Å². The number of esters is 1. The van der Waals surface area contributed by atoms with Gasteiger partial charge in [-0.05, 0) is 18.1 Å². The second kappa shape index (κ2) is 4.37. The Morgan fingerprint density at radius 1 is 1.42 bits per heavy atom. The van der Waals surface area contributed by atoms with Crippen LogP contribution in [0, 0.1) is 5.41 Å². The molecular formula is C15H17NO3. The summed E-state index contributed by atoms with van der Waals surface area (Å²) in [6.07, 6.45) is 1.81. The van der Waals surface area contributed by atoms with E-state index < -0.39 is 0 Å². The number of fused-ring (bicyclic) bond motifs is 2. The Bertz CT molecular complexity index is 540. The first-order valence-electron chi connectivity index (χ1n) is 6.59. The fourth-order valence-corrected chi connectivity index (χ4v) is 3.25. The van der Waals surface area contributed by atoms with Crippen molar-refractivity contribution in [3.8, 4) is 0 Å². The van der Waals surface area contributed by atoms with Gasteiger partial charge in [0.05, 0.1) is 6.61 Å². The summed E-state index contributed by atoms with van der Waals surface area (Å²) in [5, 5.41) is 3.44. The number of rotatable bonds is 2. The molecule has 0 unspecified atom stereocenters. The van der Waals surface area contributed by atoms with Crippen molar-refractivity contribution in [3.63, 3.8) is 0 Å². The van der Waals surface area contributed by atoms with Crippen LogP contribution in [0.5, 0.6) is 0 Å². The van der Waals surface area contributed by atoms with E-state index in [2.05, 4.69) is 11.4 Å². The summed E-state index contributed by atoms with van der Waals surface area (Å²) in [6, 6.07) is 8.16. The Labute approximate surface area is 112 Å². The molecule has 4 nitrogen and oxygen atoms in total. The zero-order chi connectivity index (χ0) is 13.5. The van der Waals surface area contributed by atoms with Crippen LogP contribution in [0.4, 0.5) is 5.69 Å². The molecule has 1 aliphatic heterocycles. The Hall–Kier alpha value is -1.84. The lowest BCUT2D eigenvalue weighted by molar-refractivity contribution is -0.145. The Kier molecular flexibility index (Phi) is 2.81. The van der Waals surface area contributed by atoms with E-state index in [1.807, 2.05) is 18.2 Å². The van der Waals surface area contributed by atoms with E-state index >= 15 is 0 Å². The van der Waals surface area contributed by atoms with Gasteiger partial charge in [-0.25, -0.2) is 0 Å². The zero-order valence-electron chi connectivity index (χ0n) is 10.9. The normalized spacial score (nSPS) is 28.3. The predicted molar refractivity (Wildman–Crippen MR) is 70.9 cm³/mol. The topological polar surface area (TPSA) is 55.4 Å². The first kappa shape index (κ1) is 12.2. The largest absolute Gasteiger partial charge is 0.465 e. The highest BCUT2D eigenvalue weighted by molar-refractivity contribution is 5.84. The van der Waals surface area contributed by atoms with Crippen LogP contribution in [-0.4, -0.2) is 24.4 Å². The van der Waals surface area contributed by atoms with Gasteiger partial charge in [0.2, 0.25) is 0 Å². The van der Waals surface area contributed by atoms with E-state index in [1.165, 1.54) is 12.5 Å². The van der Waals surface area contributed by atoms with E-state index in [-0.39, 0.29) is 23.2 Å². The van der Waals surface area contributed by atoms with Crippen molar-refractivity contribution in [3.05, 3.63) is 29.8 Å². The summed E-state index contributed by atoms with van der Waals surface area (Å²) in [7, 11) is 0. The van der Waals surface area contributed by atoms with Gasteiger partial charge < -0.3 is 10.1 Å². The molecule has 0 spiro atoms. The number of ketones is 1. The molecule has 2 aliphatic rings. The third-order valence-electron chi connectivity index (χ3n) is 4.17. The van der Waals surface area contributed by atoms with Crippen molar-refractivity contribution in [2.75, 3.05) is 11.9 Å². The van der Waals surface area contributed by atoms with E-state index in [0.717, 1.165) is 12.1 Å². The standard InChI is InChI=1S/C15H17NO3/c1-10(17)19-9-15-7-11-4-2-3-5-13(11)16-14(15)6-12(18)8-15/h2-5,14,16H,6-9H2,1H3/t14-,15+/m1/s1. The van der Waals surface area contributed by atoms with Crippen LogP contribution in [0.25, 0.3) is 0 Å². The predicted octanol–water partition coefficient (Wildman–Crippen LogP) is 1.94. The maximum Gasteiger partial charge on any atom is 0.302 e. The highest BCUT2D eigenvalue weighted by Crippen LogP contribution is 2.46. The monoisotopic (exact) mass is 259 g/mol. The molecule has 1 fully saturated rings. The van der Waals surface area contributed by atoms with Crippen molar-refractivity contribution in [2.24, 2.45) is 5.41 Å². The van der Waals surface area contributed by atoms with Crippen LogP contribution in [0.3, 0.4) is 0 Å². The SMILES string of the molecule is CC(=O)OC[C@]12CC(=O)C[C@H]1Nc1ccccc1C2. The summed E-state index contributed by atoms with van der Waals surface area (Å²) in [5.41, 5.74) is 2.03. The van der Waals surface area contributed by atoms with Gasteiger partial charge in [0.1, 0.15) is 5.78 Å². The summed E-state index contributed by atoms with van der Waals surface area (Å²) in [6.45, 7) is 1.73. The third kappa shape index (κ3) is 2.11. The Morgan fingerprint density at radius 2 is 2.21 bits per heavy atom. The number of hydrogen-bond acceptors (Lipinski definition) is 4. The van der Waals surface area contributed by atoms with Gasteiger partial charge in [-0.3, -0.25) is 9.59 Å². The molecule has 3 rings (SSSR count). The smallest absolute Gasteiger partial charge is 0.302 e.